The molecular formula is C23H28N2O5. The van der Waals surface area contributed by atoms with Crippen molar-refractivity contribution in [1.82, 2.24) is 0 Å². The Kier molecular flexibility index (Phi) is 7.94. The highest BCUT2D eigenvalue weighted by molar-refractivity contribution is 5.92. The SMILES string of the molecule is CCOc1ccc(OCCC(=O)OCC(=O)Nc2ccc(N3CCCC3)cc2)cc1. The Balaban J connectivity index is 1.32. The molecule has 7 heteroatoms. The first kappa shape index (κ1) is 21.5. The van der Waals surface area contributed by atoms with Crippen LogP contribution in [0.15, 0.2) is 48.5 Å². The number of anilines is 2. The van der Waals surface area contributed by atoms with Gasteiger partial charge in [-0.3, -0.25) is 9.59 Å². The van der Waals surface area contributed by atoms with Crippen molar-refractivity contribution in [2.24, 2.45) is 0 Å². The first-order valence-corrected chi connectivity index (χ1v) is 10.3. The van der Waals surface area contributed by atoms with Crippen molar-refractivity contribution in [2.45, 2.75) is 26.2 Å². The summed E-state index contributed by atoms with van der Waals surface area (Å²) in [5.74, 6) is 0.549. The molecule has 0 radical (unpaired) electrons. The molecule has 0 unspecified atom stereocenters. The molecule has 3 rings (SSSR count). The van der Waals surface area contributed by atoms with Crippen LogP contribution in [0.4, 0.5) is 11.4 Å². The Morgan fingerprint density at radius 3 is 2.20 bits per heavy atom. The van der Waals surface area contributed by atoms with Gasteiger partial charge in [0.25, 0.3) is 5.91 Å². The summed E-state index contributed by atoms with van der Waals surface area (Å²) in [7, 11) is 0. The van der Waals surface area contributed by atoms with E-state index in [-0.39, 0.29) is 25.5 Å². The molecule has 0 spiro atoms. The maximum atomic E-state index is 12.0. The molecule has 1 aliphatic heterocycles. The molecular weight excluding hydrogens is 384 g/mol. The molecule has 0 bridgehead atoms. The molecule has 1 saturated heterocycles. The highest BCUT2D eigenvalue weighted by atomic mass is 16.5. The molecule has 0 aliphatic carbocycles. The maximum absolute atomic E-state index is 12.0. The number of nitrogens with zero attached hydrogens (tertiary/aromatic N) is 1. The summed E-state index contributed by atoms with van der Waals surface area (Å²) >= 11 is 0. The topological polar surface area (TPSA) is 77.1 Å². The minimum Gasteiger partial charge on any atom is -0.494 e. The predicted molar refractivity (Wildman–Crippen MR) is 115 cm³/mol. The fraction of sp³-hybridized carbons (Fsp3) is 0.391. The van der Waals surface area contributed by atoms with Gasteiger partial charge in [0.15, 0.2) is 6.61 Å². The summed E-state index contributed by atoms with van der Waals surface area (Å²) in [4.78, 5) is 26.1. The zero-order chi connectivity index (χ0) is 21.2. The van der Waals surface area contributed by atoms with Gasteiger partial charge in [-0.1, -0.05) is 0 Å². The number of benzene rings is 2. The molecule has 1 heterocycles. The van der Waals surface area contributed by atoms with Crippen LogP contribution in [-0.4, -0.2) is 44.8 Å². The third kappa shape index (κ3) is 6.69. The number of hydrogen-bond donors (Lipinski definition) is 1. The molecule has 2 aromatic carbocycles. The first-order valence-electron chi connectivity index (χ1n) is 10.3. The lowest BCUT2D eigenvalue weighted by Gasteiger charge is -2.17. The number of nitrogens with one attached hydrogen (secondary N) is 1. The van der Waals surface area contributed by atoms with E-state index in [1.807, 2.05) is 31.2 Å². The number of hydrogen-bond acceptors (Lipinski definition) is 6. The summed E-state index contributed by atoms with van der Waals surface area (Å²) in [6.07, 6.45) is 2.50. The van der Waals surface area contributed by atoms with Crippen molar-refractivity contribution < 1.29 is 23.8 Å². The Bertz CT molecular complexity index is 814. The van der Waals surface area contributed by atoms with Crippen molar-refractivity contribution >= 4 is 23.3 Å². The van der Waals surface area contributed by atoms with Gasteiger partial charge in [0, 0.05) is 24.5 Å². The molecule has 2 aromatic rings. The molecule has 0 saturated carbocycles. The van der Waals surface area contributed by atoms with Crippen LogP contribution >= 0.6 is 0 Å². The third-order valence-electron chi connectivity index (χ3n) is 4.70. The zero-order valence-corrected chi connectivity index (χ0v) is 17.3. The van der Waals surface area contributed by atoms with Crippen LogP contribution in [0.5, 0.6) is 11.5 Å². The van der Waals surface area contributed by atoms with E-state index < -0.39 is 5.97 Å². The van der Waals surface area contributed by atoms with E-state index in [9.17, 15) is 9.59 Å². The van der Waals surface area contributed by atoms with Crippen LogP contribution in [0.2, 0.25) is 0 Å². The lowest BCUT2D eigenvalue weighted by molar-refractivity contribution is -0.147. The van der Waals surface area contributed by atoms with Gasteiger partial charge in [0.1, 0.15) is 11.5 Å². The average molecular weight is 412 g/mol. The molecule has 1 aliphatic rings. The van der Waals surface area contributed by atoms with Gasteiger partial charge in [-0.05, 0) is 68.3 Å². The van der Waals surface area contributed by atoms with Crippen LogP contribution in [0.3, 0.4) is 0 Å². The van der Waals surface area contributed by atoms with Crippen LogP contribution in [-0.2, 0) is 14.3 Å². The fourth-order valence-electron chi connectivity index (χ4n) is 3.20. The van der Waals surface area contributed by atoms with Gasteiger partial charge < -0.3 is 24.4 Å². The largest absolute Gasteiger partial charge is 0.494 e. The highest BCUT2D eigenvalue weighted by Crippen LogP contribution is 2.22. The Morgan fingerprint density at radius 1 is 0.933 bits per heavy atom. The van der Waals surface area contributed by atoms with E-state index in [0.717, 1.165) is 24.5 Å². The summed E-state index contributed by atoms with van der Waals surface area (Å²) in [5.41, 5.74) is 1.84. The van der Waals surface area contributed by atoms with Crippen LogP contribution in [0.25, 0.3) is 0 Å². The average Bonchev–Trinajstić information content (AvgIpc) is 3.29. The lowest BCUT2D eigenvalue weighted by Crippen LogP contribution is -2.22. The molecule has 0 atom stereocenters. The quantitative estimate of drug-likeness (QED) is 0.601. The van der Waals surface area contributed by atoms with Crippen molar-refractivity contribution in [3.05, 3.63) is 48.5 Å². The normalized spacial score (nSPS) is 13.0. The summed E-state index contributed by atoms with van der Waals surface area (Å²) in [5, 5.41) is 2.73. The highest BCUT2D eigenvalue weighted by Gasteiger charge is 2.12. The van der Waals surface area contributed by atoms with E-state index in [1.165, 1.54) is 12.8 Å². The molecule has 7 nitrogen and oxygen atoms in total. The number of esters is 1. The van der Waals surface area contributed by atoms with Crippen LogP contribution in [0, 0.1) is 0 Å². The first-order chi connectivity index (χ1) is 14.6. The molecule has 160 valence electrons. The van der Waals surface area contributed by atoms with Gasteiger partial charge in [-0.2, -0.15) is 0 Å². The monoisotopic (exact) mass is 412 g/mol. The maximum Gasteiger partial charge on any atom is 0.309 e. The van der Waals surface area contributed by atoms with Gasteiger partial charge in [-0.15, -0.1) is 0 Å². The standard InChI is InChI=1S/C23H28N2O5/c1-2-28-20-9-11-21(12-10-20)29-16-13-23(27)30-17-22(26)24-18-5-7-19(8-6-18)25-14-3-4-15-25/h5-12H,2-4,13-17H2,1H3,(H,24,26). The van der Waals surface area contributed by atoms with E-state index in [2.05, 4.69) is 10.2 Å². The van der Waals surface area contributed by atoms with Gasteiger partial charge in [0.2, 0.25) is 0 Å². The van der Waals surface area contributed by atoms with Crippen molar-refractivity contribution in [3.63, 3.8) is 0 Å². The van der Waals surface area contributed by atoms with Crippen molar-refractivity contribution in [3.8, 4) is 11.5 Å². The van der Waals surface area contributed by atoms with Crippen LogP contribution in [0.1, 0.15) is 26.2 Å². The number of carbonyl (C=O) groups is 2. The van der Waals surface area contributed by atoms with Gasteiger partial charge in [0.05, 0.1) is 19.6 Å². The number of rotatable bonds is 10. The summed E-state index contributed by atoms with van der Waals surface area (Å²) in [6, 6.07) is 14.9. The number of amides is 1. The predicted octanol–water partition coefficient (Wildman–Crippen LogP) is 3.64. The molecule has 1 N–H and O–H groups in total. The Labute approximate surface area is 176 Å². The molecule has 0 aromatic heterocycles. The van der Waals surface area contributed by atoms with E-state index in [4.69, 9.17) is 14.2 Å². The van der Waals surface area contributed by atoms with Gasteiger partial charge in [-0.25, -0.2) is 0 Å². The zero-order valence-electron chi connectivity index (χ0n) is 17.3. The van der Waals surface area contributed by atoms with Crippen molar-refractivity contribution in [2.75, 3.05) is 43.1 Å². The van der Waals surface area contributed by atoms with Crippen molar-refractivity contribution in [1.29, 1.82) is 0 Å². The minimum atomic E-state index is -0.486. The van der Waals surface area contributed by atoms with Crippen LogP contribution < -0.4 is 19.7 Å². The molecule has 1 fully saturated rings. The van der Waals surface area contributed by atoms with E-state index in [0.29, 0.717) is 18.0 Å². The second-order valence-electron chi connectivity index (χ2n) is 6.95. The summed E-state index contributed by atoms with van der Waals surface area (Å²) in [6.45, 7) is 4.51. The number of ether oxygens (including phenoxy) is 3. The Hall–Kier alpha value is -3.22. The fourth-order valence-corrected chi connectivity index (χ4v) is 3.20. The third-order valence-corrected chi connectivity index (χ3v) is 4.70. The second kappa shape index (κ2) is 11.1. The van der Waals surface area contributed by atoms with E-state index >= 15 is 0 Å². The number of carbonyl (C=O) groups excluding carboxylic acids is 2. The van der Waals surface area contributed by atoms with Gasteiger partial charge >= 0.3 is 5.97 Å². The smallest absolute Gasteiger partial charge is 0.309 e. The second-order valence-corrected chi connectivity index (χ2v) is 6.95. The molecule has 30 heavy (non-hydrogen) atoms. The van der Waals surface area contributed by atoms with E-state index in [1.54, 1.807) is 24.3 Å². The minimum absolute atomic E-state index is 0.0605. The Morgan fingerprint density at radius 2 is 1.57 bits per heavy atom. The molecule has 1 amide bonds. The lowest BCUT2D eigenvalue weighted by atomic mass is 10.2. The summed E-state index contributed by atoms with van der Waals surface area (Å²) < 4.78 is 15.9.